The molecule has 0 bridgehead atoms. The molecule has 1 aromatic heterocycles. The summed E-state index contributed by atoms with van der Waals surface area (Å²) >= 11 is 0. The normalized spacial score (nSPS) is 9.64. The average Bonchev–Trinajstić information content (AvgIpc) is 1.94. The average molecular weight is 157 g/mol. The van der Waals surface area contributed by atoms with Gasteiger partial charge in [0.25, 0.3) is 0 Å². The molecule has 0 amide bonds. The Bertz CT molecular complexity index is 298. The molecule has 0 aliphatic heterocycles. The van der Waals surface area contributed by atoms with Crippen LogP contribution < -0.4 is 5.73 Å². The maximum Gasteiger partial charge on any atom is 0.248 e. The first-order valence-electron chi connectivity index (χ1n) is 2.76. The van der Waals surface area contributed by atoms with E-state index in [1.165, 1.54) is 0 Å². The molecular weight excluding hydrogens is 152 g/mol. The molecule has 1 aromatic rings. The van der Waals surface area contributed by atoms with Gasteiger partial charge < -0.3 is 5.73 Å². The van der Waals surface area contributed by atoms with Crippen molar-refractivity contribution in [1.29, 1.82) is 5.41 Å². The summed E-state index contributed by atoms with van der Waals surface area (Å²) in [6.07, 6.45) is 1.00. The van der Waals surface area contributed by atoms with Crippen molar-refractivity contribution in [3.8, 4) is 0 Å². The van der Waals surface area contributed by atoms with Crippen LogP contribution >= 0.6 is 0 Å². The molecule has 0 aliphatic rings. The van der Waals surface area contributed by atoms with Gasteiger partial charge >= 0.3 is 0 Å². The third-order valence-corrected chi connectivity index (χ3v) is 1.11. The van der Waals surface area contributed by atoms with Crippen LogP contribution in [0.5, 0.6) is 0 Å². The Labute approximate surface area is 61.4 Å². The standard InChI is InChI=1S/C6H5F2N3/c7-4-1-3(6(9)10)2-11-5(4)8/h1-2H,(H3,9,10). The molecule has 3 N–H and O–H groups in total. The van der Waals surface area contributed by atoms with Gasteiger partial charge in [0.05, 0.1) is 0 Å². The Kier molecular flexibility index (Phi) is 1.80. The van der Waals surface area contributed by atoms with Gasteiger partial charge in [-0.2, -0.15) is 4.39 Å². The molecule has 1 heterocycles. The van der Waals surface area contributed by atoms with Crippen molar-refractivity contribution in [1.82, 2.24) is 4.98 Å². The van der Waals surface area contributed by atoms with Gasteiger partial charge in [-0.1, -0.05) is 0 Å². The van der Waals surface area contributed by atoms with E-state index in [1.807, 2.05) is 0 Å². The minimum absolute atomic E-state index is 0.0731. The Morgan fingerprint density at radius 2 is 2.18 bits per heavy atom. The number of pyridine rings is 1. The van der Waals surface area contributed by atoms with Crippen LogP contribution in [-0.2, 0) is 0 Å². The summed E-state index contributed by atoms with van der Waals surface area (Å²) in [7, 11) is 0. The lowest BCUT2D eigenvalue weighted by Crippen LogP contribution is -2.12. The van der Waals surface area contributed by atoms with Crippen molar-refractivity contribution in [2.45, 2.75) is 0 Å². The Morgan fingerprint density at radius 3 is 2.64 bits per heavy atom. The largest absolute Gasteiger partial charge is 0.384 e. The van der Waals surface area contributed by atoms with Crippen molar-refractivity contribution >= 4 is 5.84 Å². The lowest BCUT2D eigenvalue weighted by molar-refractivity contribution is 0.479. The number of hydrogen-bond acceptors (Lipinski definition) is 2. The number of nitrogens with one attached hydrogen (secondary N) is 1. The van der Waals surface area contributed by atoms with E-state index in [0.29, 0.717) is 0 Å². The fourth-order valence-corrected chi connectivity index (χ4v) is 0.569. The molecule has 0 saturated carbocycles. The van der Waals surface area contributed by atoms with E-state index in [4.69, 9.17) is 11.1 Å². The highest BCUT2D eigenvalue weighted by Gasteiger charge is 2.04. The number of nitrogens with zero attached hydrogens (tertiary/aromatic N) is 1. The van der Waals surface area contributed by atoms with E-state index >= 15 is 0 Å². The Balaban J connectivity index is 3.15. The molecule has 11 heavy (non-hydrogen) atoms. The summed E-state index contributed by atoms with van der Waals surface area (Å²) < 4.78 is 24.5. The second-order valence-corrected chi connectivity index (χ2v) is 1.91. The van der Waals surface area contributed by atoms with E-state index in [0.717, 1.165) is 12.3 Å². The summed E-state index contributed by atoms with van der Waals surface area (Å²) in [5, 5.41) is 6.85. The first kappa shape index (κ1) is 7.59. The van der Waals surface area contributed by atoms with Crippen LogP contribution in [0, 0.1) is 17.2 Å². The molecule has 3 nitrogen and oxygen atoms in total. The Hall–Kier alpha value is -1.52. The van der Waals surface area contributed by atoms with Crippen LogP contribution in [0.3, 0.4) is 0 Å². The highest BCUT2D eigenvalue weighted by molar-refractivity contribution is 5.94. The first-order chi connectivity index (χ1) is 5.11. The molecule has 58 valence electrons. The lowest BCUT2D eigenvalue weighted by atomic mass is 10.2. The predicted octanol–water partition coefficient (Wildman–Crippen LogP) is 0.644. The summed E-state index contributed by atoms with van der Waals surface area (Å²) in [6, 6.07) is 0.824. The van der Waals surface area contributed by atoms with Crippen molar-refractivity contribution < 1.29 is 8.78 Å². The lowest BCUT2D eigenvalue weighted by Gasteiger charge is -1.96. The molecule has 0 aliphatic carbocycles. The maximum atomic E-state index is 12.3. The topological polar surface area (TPSA) is 62.8 Å². The van der Waals surface area contributed by atoms with Crippen LogP contribution in [0.2, 0.25) is 0 Å². The number of halogens is 2. The van der Waals surface area contributed by atoms with Crippen LogP contribution in [0.15, 0.2) is 12.3 Å². The van der Waals surface area contributed by atoms with Gasteiger partial charge in [-0.05, 0) is 6.07 Å². The summed E-state index contributed by atoms with van der Waals surface area (Å²) in [6.45, 7) is 0. The second-order valence-electron chi connectivity index (χ2n) is 1.91. The smallest absolute Gasteiger partial charge is 0.248 e. The number of nitrogen functional groups attached to an aromatic ring is 1. The van der Waals surface area contributed by atoms with Crippen molar-refractivity contribution in [3.05, 3.63) is 29.6 Å². The molecular formula is C6H5F2N3. The number of aromatic nitrogens is 1. The summed E-state index contributed by atoms with van der Waals surface area (Å²) in [4.78, 5) is 3.04. The van der Waals surface area contributed by atoms with Crippen molar-refractivity contribution in [3.63, 3.8) is 0 Å². The van der Waals surface area contributed by atoms with E-state index in [9.17, 15) is 8.78 Å². The van der Waals surface area contributed by atoms with Crippen molar-refractivity contribution in [2.75, 3.05) is 0 Å². The number of rotatable bonds is 1. The highest BCUT2D eigenvalue weighted by atomic mass is 19.2. The number of hydrogen-bond donors (Lipinski definition) is 2. The fraction of sp³-hybridized carbons (Fsp3) is 0. The molecule has 0 atom stereocenters. The second kappa shape index (κ2) is 2.61. The van der Waals surface area contributed by atoms with Crippen LogP contribution in [-0.4, -0.2) is 10.8 Å². The SMILES string of the molecule is N=C(N)c1cnc(F)c(F)c1. The third-order valence-electron chi connectivity index (χ3n) is 1.11. The molecule has 0 aromatic carbocycles. The summed E-state index contributed by atoms with van der Waals surface area (Å²) in [5.74, 6) is -2.62. The van der Waals surface area contributed by atoms with E-state index in [2.05, 4.69) is 4.98 Å². The van der Waals surface area contributed by atoms with Gasteiger partial charge in [0.1, 0.15) is 5.84 Å². The third kappa shape index (κ3) is 1.49. The molecule has 0 spiro atoms. The fourth-order valence-electron chi connectivity index (χ4n) is 0.569. The maximum absolute atomic E-state index is 12.3. The van der Waals surface area contributed by atoms with Gasteiger partial charge in [0.2, 0.25) is 5.95 Å². The Morgan fingerprint density at radius 1 is 1.55 bits per heavy atom. The van der Waals surface area contributed by atoms with Gasteiger partial charge in [-0.15, -0.1) is 0 Å². The van der Waals surface area contributed by atoms with Crippen molar-refractivity contribution in [2.24, 2.45) is 5.73 Å². The molecule has 0 fully saturated rings. The van der Waals surface area contributed by atoms with Gasteiger partial charge in [-0.25, -0.2) is 9.37 Å². The molecule has 5 heteroatoms. The molecule has 1 rings (SSSR count). The van der Waals surface area contributed by atoms with Crippen LogP contribution in [0.1, 0.15) is 5.56 Å². The zero-order valence-corrected chi connectivity index (χ0v) is 5.44. The number of amidine groups is 1. The minimum Gasteiger partial charge on any atom is -0.384 e. The van der Waals surface area contributed by atoms with E-state index < -0.39 is 11.8 Å². The first-order valence-corrected chi connectivity index (χ1v) is 2.76. The zero-order valence-electron chi connectivity index (χ0n) is 5.44. The monoisotopic (exact) mass is 157 g/mol. The molecule has 0 radical (unpaired) electrons. The van der Waals surface area contributed by atoms with E-state index in [-0.39, 0.29) is 11.4 Å². The minimum atomic E-state index is -1.19. The number of nitrogens with two attached hydrogens (primary N) is 1. The van der Waals surface area contributed by atoms with Gasteiger partial charge in [-0.3, -0.25) is 5.41 Å². The van der Waals surface area contributed by atoms with Crippen LogP contribution in [0.4, 0.5) is 8.78 Å². The molecule has 0 unspecified atom stereocenters. The molecule has 0 saturated heterocycles. The predicted molar refractivity (Wildman–Crippen MR) is 35.2 cm³/mol. The zero-order chi connectivity index (χ0) is 8.43. The van der Waals surface area contributed by atoms with Crippen LogP contribution in [0.25, 0.3) is 0 Å². The summed E-state index contributed by atoms with van der Waals surface area (Å²) in [5.41, 5.74) is 5.06. The quantitative estimate of drug-likeness (QED) is 0.357. The van der Waals surface area contributed by atoms with Gasteiger partial charge in [0, 0.05) is 11.8 Å². The van der Waals surface area contributed by atoms with E-state index in [1.54, 1.807) is 0 Å². The van der Waals surface area contributed by atoms with Gasteiger partial charge in [0.15, 0.2) is 5.82 Å². The highest BCUT2D eigenvalue weighted by Crippen LogP contribution is 2.03.